The molecule has 126 valence electrons. The highest BCUT2D eigenvalue weighted by Gasteiger charge is 2.18. The number of ether oxygens (including phenoxy) is 1. The Hall–Kier alpha value is -1.26. The number of amides is 1. The molecule has 0 bridgehead atoms. The molecule has 22 heavy (non-hydrogen) atoms. The van der Waals surface area contributed by atoms with E-state index in [-0.39, 0.29) is 24.2 Å². The Morgan fingerprint density at radius 2 is 2.00 bits per heavy atom. The van der Waals surface area contributed by atoms with Gasteiger partial charge in [-0.15, -0.1) is 12.4 Å². The highest BCUT2D eigenvalue weighted by atomic mass is 35.5. The molecular weight excluding hydrogens is 300 g/mol. The van der Waals surface area contributed by atoms with Crippen LogP contribution in [0.1, 0.15) is 39.7 Å². The molecule has 0 saturated heterocycles. The smallest absolute Gasteiger partial charge is 0.237 e. The fourth-order valence-electron chi connectivity index (χ4n) is 1.83. The van der Waals surface area contributed by atoms with Crippen molar-refractivity contribution in [1.29, 1.82) is 0 Å². The fourth-order valence-corrected chi connectivity index (χ4v) is 1.83. The van der Waals surface area contributed by atoms with E-state index in [0.29, 0.717) is 19.1 Å². The van der Waals surface area contributed by atoms with Crippen LogP contribution in [0, 0.1) is 11.8 Å². The lowest BCUT2D eigenvalue weighted by Gasteiger charge is -2.18. The summed E-state index contributed by atoms with van der Waals surface area (Å²) in [6.07, 6.45) is 0.896. The third kappa shape index (κ3) is 7.14. The van der Waals surface area contributed by atoms with Crippen molar-refractivity contribution in [2.45, 2.75) is 46.7 Å². The summed E-state index contributed by atoms with van der Waals surface area (Å²) in [5.74, 6) is 1.41. The van der Waals surface area contributed by atoms with E-state index in [2.05, 4.69) is 19.2 Å². The molecule has 2 unspecified atom stereocenters. The number of nitrogens with one attached hydrogen (secondary N) is 1. The van der Waals surface area contributed by atoms with E-state index in [1.54, 1.807) is 0 Å². The van der Waals surface area contributed by atoms with Gasteiger partial charge in [0, 0.05) is 6.54 Å². The lowest BCUT2D eigenvalue weighted by Crippen LogP contribution is -2.44. The summed E-state index contributed by atoms with van der Waals surface area (Å²) in [5, 5.41) is 2.89. The molecule has 0 aliphatic carbocycles. The van der Waals surface area contributed by atoms with Crippen LogP contribution < -0.4 is 15.8 Å². The molecule has 1 aromatic carbocycles. The van der Waals surface area contributed by atoms with Gasteiger partial charge in [0.25, 0.3) is 0 Å². The maximum Gasteiger partial charge on any atom is 0.237 e. The number of benzene rings is 1. The van der Waals surface area contributed by atoms with E-state index in [4.69, 9.17) is 10.5 Å². The SMILES string of the molecule is CCC(C)C(N)C(=O)NCc1cccc(OCC(C)C)c1.Cl. The quantitative estimate of drug-likeness (QED) is 0.770. The van der Waals surface area contributed by atoms with Gasteiger partial charge in [0.1, 0.15) is 5.75 Å². The molecule has 0 spiro atoms. The van der Waals surface area contributed by atoms with Crippen LogP contribution in [0.2, 0.25) is 0 Å². The minimum absolute atomic E-state index is 0. The number of halogens is 1. The average Bonchev–Trinajstić information content (AvgIpc) is 2.49. The molecular formula is C17H29ClN2O2. The number of hydrogen-bond donors (Lipinski definition) is 2. The van der Waals surface area contributed by atoms with Crippen molar-refractivity contribution in [2.75, 3.05) is 6.61 Å². The lowest BCUT2D eigenvalue weighted by molar-refractivity contribution is -0.123. The number of hydrogen-bond acceptors (Lipinski definition) is 3. The largest absolute Gasteiger partial charge is 0.493 e. The molecule has 1 rings (SSSR count). The van der Waals surface area contributed by atoms with Crippen LogP contribution in [-0.2, 0) is 11.3 Å². The Morgan fingerprint density at radius 1 is 1.32 bits per heavy atom. The molecule has 0 aliphatic rings. The minimum atomic E-state index is -0.449. The Morgan fingerprint density at radius 3 is 2.59 bits per heavy atom. The first-order valence-electron chi connectivity index (χ1n) is 7.69. The minimum Gasteiger partial charge on any atom is -0.493 e. The highest BCUT2D eigenvalue weighted by Crippen LogP contribution is 2.14. The van der Waals surface area contributed by atoms with Gasteiger partial charge < -0.3 is 15.8 Å². The monoisotopic (exact) mass is 328 g/mol. The summed E-state index contributed by atoms with van der Waals surface area (Å²) in [6.45, 7) is 9.41. The van der Waals surface area contributed by atoms with E-state index in [1.165, 1.54) is 0 Å². The second-order valence-corrected chi connectivity index (χ2v) is 5.98. The first kappa shape index (κ1) is 20.7. The molecule has 4 nitrogen and oxygen atoms in total. The summed E-state index contributed by atoms with van der Waals surface area (Å²) < 4.78 is 5.68. The van der Waals surface area contributed by atoms with Gasteiger partial charge in [-0.25, -0.2) is 0 Å². The van der Waals surface area contributed by atoms with Crippen LogP contribution >= 0.6 is 12.4 Å². The van der Waals surface area contributed by atoms with E-state index in [9.17, 15) is 4.79 Å². The van der Waals surface area contributed by atoms with Gasteiger partial charge in [0.2, 0.25) is 5.91 Å². The summed E-state index contributed by atoms with van der Waals surface area (Å²) in [7, 11) is 0. The number of carbonyl (C=O) groups is 1. The predicted molar refractivity (Wildman–Crippen MR) is 93.3 cm³/mol. The van der Waals surface area contributed by atoms with E-state index in [1.807, 2.05) is 38.1 Å². The second kappa shape index (κ2) is 10.5. The zero-order chi connectivity index (χ0) is 15.8. The molecule has 1 amide bonds. The van der Waals surface area contributed by atoms with Gasteiger partial charge in [-0.1, -0.05) is 46.2 Å². The molecule has 0 heterocycles. The maximum atomic E-state index is 11.9. The van der Waals surface area contributed by atoms with Crippen molar-refractivity contribution >= 4 is 18.3 Å². The summed E-state index contributed by atoms with van der Waals surface area (Å²) in [6, 6.07) is 7.34. The fraction of sp³-hybridized carbons (Fsp3) is 0.588. The highest BCUT2D eigenvalue weighted by molar-refractivity contribution is 5.85. The second-order valence-electron chi connectivity index (χ2n) is 5.98. The van der Waals surface area contributed by atoms with Crippen LogP contribution in [0.4, 0.5) is 0 Å². The van der Waals surface area contributed by atoms with E-state index >= 15 is 0 Å². The zero-order valence-corrected chi connectivity index (χ0v) is 14.8. The molecule has 0 radical (unpaired) electrons. The third-order valence-electron chi connectivity index (χ3n) is 3.51. The molecule has 5 heteroatoms. The summed E-state index contributed by atoms with van der Waals surface area (Å²) in [5.41, 5.74) is 6.92. The maximum absolute atomic E-state index is 11.9. The Kier molecular flexibility index (Phi) is 9.86. The molecule has 2 atom stereocenters. The zero-order valence-electron chi connectivity index (χ0n) is 14.0. The van der Waals surface area contributed by atoms with Gasteiger partial charge >= 0.3 is 0 Å². The van der Waals surface area contributed by atoms with Gasteiger partial charge in [-0.05, 0) is 29.5 Å². The van der Waals surface area contributed by atoms with Gasteiger partial charge in [-0.3, -0.25) is 4.79 Å². The topological polar surface area (TPSA) is 64.4 Å². The number of rotatable bonds is 8. The molecule has 3 N–H and O–H groups in total. The van der Waals surface area contributed by atoms with Crippen molar-refractivity contribution in [3.05, 3.63) is 29.8 Å². The Bertz CT molecular complexity index is 452. The van der Waals surface area contributed by atoms with Crippen LogP contribution in [0.25, 0.3) is 0 Å². The van der Waals surface area contributed by atoms with Crippen molar-refractivity contribution in [3.8, 4) is 5.75 Å². The van der Waals surface area contributed by atoms with Crippen LogP contribution in [0.5, 0.6) is 5.75 Å². The average molecular weight is 329 g/mol. The molecule has 0 fully saturated rings. The van der Waals surface area contributed by atoms with Crippen molar-refractivity contribution in [3.63, 3.8) is 0 Å². The number of nitrogens with two attached hydrogens (primary N) is 1. The predicted octanol–water partition coefficient (Wildman–Crippen LogP) is 3.13. The molecule has 1 aromatic rings. The third-order valence-corrected chi connectivity index (χ3v) is 3.51. The summed E-state index contributed by atoms with van der Waals surface area (Å²) in [4.78, 5) is 11.9. The molecule has 0 aliphatic heterocycles. The summed E-state index contributed by atoms with van der Waals surface area (Å²) >= 11 is 0. The van der Waals surface area contributed by atoms with Crippen molar-refractivity contribution in [2.24, 2.45) is 17.6 Å². The van der Waals surface area contributed by atoms with E-state index in [0.717, 1.165) is 17.7 Å². The van der Waals surface area contributed by atoms with Crippen molar-refractivity contribution in [1.82, 2.24) is 5.32 Å². The lowest BCUT2D eigenvalue weighted by atomic mass is 9.99. The Labute approximate surface area is 140 Å². The van der Waals surface area contributed by atoms with Crippen LogP contribution in [-0.4, -0.2) is 18.6 Å². The standard InChI is InChI=1S/C17H28N2O2.ClH/c1-5-13(4)16(18)17(20)19-10-14-7-6-8-15(9-14)21-11-12(2)3;/h6-9,12-13,16H,5,10-11,18H2,1-4H3,(H,19,20);1H. The van der Waals surface area contributed by atoms with Gasteiger partial charge in [0.05, 0.1) is 12.6 Å². The molecule has 0 aromatic heterocycles. The number of carbonyl (C=O) groups excluding carboxylic acids is 1. The van der Waals surface area contributed by atoms with Gasteiger partial charge in [-0.2, -0.15) is 0 Å². The van der Waals surface area contributed by atoms with Crippen LogP contribution in [0.3, 0.4) is 0 Å². The van der Waals surface area contributed by atoms with Crippen LogP contribution in [0.15, 0.2) is 24.3 Å². The van der Waals surface area contributed by atoms with Gasteiger partial charge in [0.15, 0.2) is 0 Å². The van der Waals surface area contributed by atoms with Crippen molar-refractivity contribution < 1.29 is 9.53 Å². The normalized spacial score (nSPS) is 13.2. The Balaban J connectivity index is 0.00000441. The first-order chi connectivity index (χ1) is 9.93. The van der Waals surface area contributed by atoms with E-state index < -0.39 is 6.04 Å². The molecule has 0 saturated carbocycles. The first-order valence-corrected chi connectivity index (χ1v) is 7.69.